The largest absolute Gasteiger partial charge is 0.344 e. The Hall–Kier alpha value is -5.73. The number of nitrogens with one attached hydrogen (secondary N) is 3. The van der Waals surface area contributed by atoms with E-state index in [1.54, 1.807) is 56.4 Å². The Balaban J connectivity index is 1.29. The van der Waals surface area contributed by atoms with Crippen molar-refractivity contribution in [2.24, 2.45) is 17.8 Å². The molecule has 15 heteroatoms. The first kappa shape index (κ1) is 42.4. The number of fused-ring (bicyclic) bond motifs is 1. The number of benzene rings is 1. The van der Waals surface area contributed by atoms with Crippen LogP contribution in [-0.4, -0.2) is 86.4 Å². The van der Waals surface area contributed by atoms with Gasteiger partial charge in [-0.1, -0.05) is 39.8 Å². The lowest BCUT2D eigenvalue weighted by Gasteiger charge is -2.35. The molecule has 1 aromatic carbocycles. The fourth-order valence-corrected chi connectivity index (χ4v) is 7.25. The van der Waals surface area contributed by atoms with Crippen LogP contribution in [0.5, 0.6) is 0 Å². The molecule has 0 spiro atoms. The van der Waals surface area contributed by atoms with Crippen LogP contribution in [0.1, 0.15) is 94.9 Å². The molecule has 3 atom stereocenters. The number of urea groups is 1. The number of aromatic nitrogens is 3. The Labute approximate surface area is 334 Å². The molecule has 0 saturated carbocycles. The Morgan fingerprint density at radius 2 is 1.68 bits per heavy atom. The first-order valence-electron chi connectivity index (χ1n) is 19.5. The topological polar surface area (TPSA) is 187 Å². The molecule has 0 radical (unpaired) electrons. The van der Waals surface area contributed by atoms with Crippen molar-refractivity contribution in [3.63, 3.8) is 0 Å². The molecule has 3 N–H and O–H groups in total. The Morgan fingerprint density at radius 1 is 0.965 bits per heavy atom. The highest BCUT2D eigenvalue weighted by Gasteiger charge is 2.42. The molecule has 57 heavy (non-hydrogen) atoms. The van der Waals surface area contributed by atoms with Crippen LogP contribution in [0.3, 0.4) is 0 Å². The molecule has 4 heterocycles. The number of Topliss-reactive ketones (excluding diaryl/α,β-unsaturated/α-hetero) is 2. The summed E-state index contributed by atoms with van der Waals surface area (Å²) in [6, 6.07) is 7.07. The Morgan fingerprint density at radius 3 is 2.32 bits per heavy atom. The number of aryl methyl sites for hydroxylation is 2. The second kappa shape index (κ2) is 17.2. The maximum atomic E-state index is 14.2. The number of rotatable bonds is 14. The molecule has 3 aromatic rings. The average Bonchev–Trinajstić information content (AvgIpc) is 3.65. The minimum Gasteiger partial charge on any atom is -0.344 e. The van der Waals surface area contributed by atoms with Crippen molar-refractivity contribution in [3.8, 4) is 0 Å². The summed E-state index contributed by atoms with van der Waals surface area (Å²) in [5.41, 5.74) is 2.64. The van der Waals surface area contributed by atoms with E-state index >= 15 is 0 Å². The van der Waals surface area contributed by atoms with Crippen LogP contribution in [0.15, 0.2) is 42.7 Å². The second-order valence-corrected chi connectivity index (χ2v) is 16.4. The number of anilines is 4. The third-order valence-electron chi connectivity index (χ3n) is 10.8. The lowest BCUT2D eigenvalue weighted by Crippen LogP contribution is -2.61. The minimum absolute atomic E-state index is 0.101. The van der Waals surface area contributed by atoms with Crippen molar-refractivity contribution < 1.29 is 28.8 Å². The first-order chi connectivity index (χ1) is 26.8. The summed E-state index contributed by atoms with van der Waals surface area (Å²) in [5, 5.41) is 8.67. The summed E-state index contributed by atoms with van der Waals surface area (Å²) in [6.07, 6.45) is 4.25. The second-order valence-electron chi connectivity index (χ2n) is 16.4. The third kappa shape index (κ3) is 9.46. The van der Waals surface area contributed by atoms with Crippen molar-refractivity contribution in [2.75, 3.05) is 28.7 Å². The fourth-order valence-electron chi connectivity index (χ4n) is 7.25. The van der Waals surface area contributed by atoms with Crippen molar-refractivity contribution >= 4 is 58.5 Å². The van der Waals surface area contributed by atoms with E-state index in [0.717, 1.165) is 16.8 Å². The summed E-state index contributed by atoms with van der Waals surface area (Å²) in [4.78, 5) is 98.8. The number of ketones is 2. The molecular formula is C42H55N9O6. The quantitative estimate of drug-likeness (QED) is 0.182. The summed E-state index contributed by atoms with van der Waals surface area (Å²) >= 11 is 0. The molecule has 5 rings (SSSR count). The van der Waals surface area contributed by atoms with E-state index in [1.807, 2.05) is 53.7 Å². The van der Waals surface area contributed by atoms with Crippen molar-refractivity contribution in [3.05, 3.63) is 65.1 Å². The van der Waals surface area contributed by atoms with Crippen LogP contribution in [0.25, 0.3) is 0 Å². The van der Waals surface area contributed by atoms with Crippen LogP contribution in [0.2, 0.25) is 0 Å². The normalized spacial score (nSPS) is 16.7. The van der Waals surface area contributed by atoms with Gasteiger partial charge in [0.15, 0.2) is 11.6 Å². The van der Waals surface area contributed by atoms with Gasteiger partial charge in [0, 0.05) is 54.6 Å². The van der Waals surface area contributed by atoms with E-state index in [-0.39, 0.29) is 48.3 Å². The first-order valence-corrected chi connectivity index (χ1v) is 19.5. The predicted molar refractivity (Wildman–Crippen MR) is 217 cm³/mol. The zero-order chi connectivity index (χ0) is 41.9. The van der Waals surface area contributed by atoms with Gasteiger partial charge in [0.05, 0.1) is 24.5 Å². The molecule has 2 aliphatic heterocycles. The molecule has 0 bridgehead atoms. The van der Waals surface area contributed by atoms with Crippen molar-refractivity contribution in [1.29, 1.82) is 0 Å². The fraction of sp³-hybridized carbons (Fsp3) is 0.500. The number of pyridine rings is 1. The van der Waals surface area contributed by atoms with E-state index in [0.29, 0.717) is 48.1 Å². The summed E-state index contributed by atoms with van der Waals surface area (Å²) in [6.45, 7) is 16.2. The summed E-state index contributed by atoms with van der Waals surface area (Å²) in [5.74, 6) is -2.03. The van der Waals surface area contributed by atoms with Gasteiger partial charge in [0.2, 0.25) is 23.7 Å². The standard InChI is InChI=1S/C42H55N9O6/c1-23(2)31(38(55)50-17-11-12-32(50)37(54)48-42(8,9)39(56)46-35(24(3)4)27(7)52)19-34(53)28-15-13-25(5)33(18-28)51-22-29-20-44-40(47-36(29)49(10)41(51)57)45-30-16-14-26(6)43-21-30/h13-16,18,20-21,23-24,31-32,35H,11-12,17,19,22H2,1-10H3,(H,46,56)(H,48,54)(H,44,45,47)/t31-,32+,35-/m0/s1. The van der Waals surface area contributed by atoms with Gasteiger partial charge in [-0.15, -0.1) is 0 Å². The minimum atomic E-state index is -1.35. The summed E-state index contributed by atoms with van der Waals surface area (Å²) < 4.78 is 0. The van der Waals surface area contributed by atoms with E-state index < -0.39 is 35.4 Å². The molecule has 1 fully saturated rings. The maximum absolute atomic E-state index is 14.2. The molecule has 5 amide bonds. The molecule has 0 unspecified atom stereocenters. The van der Waals surface area contributed by atoms with Gasteiger partial charge in [-0.25, -0.2) is 9.78 Å². The number of likely N-dealkylation sites (tertiary alicyclic amines) is 1. The van der Waals surface area contributed by atoms with Crippen LogP contribution < -0.4 is 25.8 Å². The Kier molecular flexibility index (Phi) is 12.8. The number of nitrogens with zero attached hydrogens (tertiary/aromatic N) is 6. The van der Waals surface area contributed by atoms with E-state index in [1.165, 1.54) is 16.7 Å². The van der Waals surface area contributed by atoms with Gasteiger partial charge in [0.1, 0.15) is 17.4 Å². The molecule has 1 saturated heterocycles. The smallest absolute Gasteiger partial charge is 0.330 e. The number of carbonyl (C=O) groups is 6. The molecule has 15 nitrogen and oxygen atoms in total. The zero-order valence-corrected chi connectivity index (χ0v) is 34.6. The van der Waals surface area contributed by atoms with Crippen molar-refractivity contribution in [1.82, 2.24) is 30.5 Å². The van der Waals surface area contributed by atoms with Crippen LogP contribution in [-0.2, 0) is 25.7 Å². The highest BCUT2D eigenvalue weighted by molar-refractivity contribution is 6.07. The highest BCUT2D eigenvalue weighted by Crippen LogP contribution is 2.34. The lowest BCUT2D eigenvalue weighted by molar-refractivity contribution is -0.144. The van der Waals surface area contributed by atoms with E-state index in [9.17, 15) is 28.8 Å². The lowest BCUT2D eigenvalue weighted by atomic mass is 9.87. The van der Waals surface area contributed by atoms with Crippen LogP contribution in [0, 0.1) is 31.6 Å². The average molecular weight is 782 g/mol. The number of hydrogen-bond acceptors (Lipinski definition) is 10. The van der Waals surface area contributed by atoms with E-state index in [2.05, 4.69) is 30.9 Å². The Bertz CT molecular complexity index is 2050. The van der Waals surface area contributed by atoms with Gasteiger partial charge < -0.3 is 20.9 Å². The maximum Gasteiger partial charge on any atom is 0.330 e. The SMILES string of the molecule is CC(=O)[C@@H](NC(=O)C(C)(C)NC(=O)[C@H]1CCCN1C(=O)[C@@H](CC(=O)c1ccc(C)c(N2Cc3cnc(Nc4ccc(C)nc4)nc3N(C)C2=O)c1)C(C)C)C(C)C. The number of carbonyl (C=O) groups excluding carboxylic acids is 6. The molecular weight excluding hydrogens is 727 g/mol. The predicted octanol–water partition coefficient (Wildman–Crippen LogP) is 5.27. The monoisotopic (exact) mass is 781 g/mol. The van der Waals surface area contributed by atoms with Gasteiger partial charge >= 0.3 is 6.03 Å². The molecule has 2 aliphatic rings. The number of amides is 5. The van der Waals surface area contributed by atoms with Crippen molar-refractivity contribution in [2.45, 2.75) is 106 Å². The van der Waals surface area contributed by atoms with Crippen LogP contribution in [0.4, 0.5) is 27.9 Å². The van der Waals surface area contributed by atoms with Gasteiger partial charge in [0.25, 0.3) is 0 Å². The van der Waals surface area contributed by atoms with Crippen LogP contribution >= 0.6 is 0 Å². The molecule has 304 valence electrons. The highest BCUT2D eigenvalue weighted by atomic mass is 16.2. The number of hydrogen-bond donors (Lipinski definition) is 3. The zero-order valence-electron chi connectivity index (χ0n) is 34.6. The molecule has 0 aliphatic carbocycles. The van der Waals surface area contributed by atoms with Gasteiger partial charge in [-0.05, 0) is 83.1 Å². The van der Waals surface area contributed by atoms with Gasteiger partial charge in [-0.2, -0.15) is 4.98 Å². The summed E-state index contributed by atoms with van der Waals surface area (Å²) in [7, 11) is 1.64. The van der Waals surface area contributed by atoms with Gasteiger partial charge in [-0.3, -0.25) is 38.8 Å². The third-order valence-corrected chi connectivity index (χ3v) is 10.8. The molecule has 2 aromatic heterocycles. The van der Waals surface area contributed by atoms with E-state index in [4.69, 9.17) is 0 Å².